The number of carbonyl (C=O) groups is 5. The number of aromatic hydroxyl groups is 1. The summed E-state index contributed by atoms with van der Waals surface area (Å²) in [5.74, 6) is -2.10. The van der Waals surface area contributed by atoms with E-state index in [0.717, 1.165) is 57.6 Å². The summed E-state index contributed by atoms with van der Waals surface area (Å²) in [5, 5.41) is 29.2. The third-order valence-corrected chi connectivity index (χ3v) is 17.9. The van der Waals surface area contributed by atoms with E-state index in [0.29, 0.717) is 63.5 Å². The maximum atomic E-state index is 15.1. The van der Waals surface area contributed by atoms with Crippen molar-refractivity contribution in [2.75, 3.05) is 32.6 Å². The van der Waals surface area contributed by atoms with Crippen molar-refractivity contribution >= 4 is 57.6 Å². The highest BCUT2D eigenvalue weighted by Gasteiger charge is 2.45. The van der Waals surface area contributed by atoms with Crippen LogP contribution in [-0.2, 0) is 58.9 Å². The molecule has 17 nitrogen and oxygen atoms in total. The summed E-state index contributed by atoms with van der Waals surface area (Å²) in [4.78, 5) is 77.4. The number of fused-ring (bicyclic) bond motifs is 3. The van der Waals surface area contributed by atoms with E-state index in [1.54, 1.807) is 26.2 Å². The fourth-order valence-electron chi connectivity index (χ4n) is 12.9. The van der Waals surface area contributed by atoms with E-state index < -0.39 is 53.3 Å². The molecule has 88 heavy (non-hydrogen) atoms. The smallest absolute Gasteiger partial charge is 0.308 e. The van der Waals surface area contributed by atoms with Gasteiger partial charge in [-0.3, -0.25) is 28.7 Å². The molecule has 9 rings (SSSR count). The number of hydrogen-bond donors (Lipinski definition) is 5. The van der Waals surface area contributed by atoms with Crippen LogP contribution in [0.1, 0.15) is 133 Å². The molecule has 4 amide bonds. The molecule has 0 saturated heterocycles. The van der Waals surface area contributed by atoms with Gasteiger partial charge < -0.3 is 40.6 Å². The molecule has 3 aliphatic rings. The minimum atomic E-state index is -1.07. The number of ether oxygens (including phenoxy) is 1. The Balaban J connectivity index is 0.885. The molecule has 5 heterocycles. The Morgan fingerprint density at radius 1 is 0.864 bits per heavy atom. The zero-order valence-electron chi connectivity index (χ0n) is 52.5. The van der Waals surface area contributed by atoms with Crippen LogP contribution < -0.4 is 20.9 Å². The molecule has 5 N–H and O–H groups in total. The lowest BCUT2D eigenvalue weighted by Gasteiger charge is -2.32. The number of phenols is 1. The zero-order valence-corrected chi connectivity index (χ0v) is 52.5. The number of allylic oxidation sites excluding steroid dienone is 8. The number of nitrogens with zero attached hydrogens (tertiary/aromatic N) is 6. The molecule has 6 atom stereocenters. The number of esters is 1. The first-order valence-electron chi connectivity index (χ1n) is 31.0. The van der Waals surface area contributed by atoms with Gasteiger partial charge in [0.25, 0.3) is 0 Å². The Hall–Kier alpha value is -8.86. The van der Waals surface area contributed by atoms with Crippen molar-refractivity contribution in [2.45, 2.75) is 154 Å². The highest BCUT2D eigenvalue weighted by atomic mass is 16.5. The Morgan fingerprint density at radius 2 is 1.60 bits per heavy atom. The highest BCUT2D eigenvalue weighted by molar-refractivity contribution is 6.03. The molecule has 462 valence electrons. The quantitative estimate of drug-likeness (QED) is 0.0192. The molecule has 3 aliphatic heterocycles. The molecular weight excluding hydrogens is 1100 g/mol. The number of hydrogen-bond acceptors (Lipinski definition) is 10. The summed E-state index contributed by atoms with van der Waals surface area (Å²) in [6, 6.07) is 28.1. The van der Waals surface area contributed by atoms with E-state index in [2.05, 4.69) is 141 Å². The third kappa shape index (κ3) is 14.7. The number of nitrogens with one attached hydrogen (secondary N) is 4. The van der Waals surface area contributed by atoms with Crippen LogP contribution in [0.15, 0.2) is 157 Å². The molecule has 4 aromatic carbocycles. The van der Waals surface area contributed by atoms with E-state index in [4.69, 9.17) is 4.74 Å². The summed E-state index contributed by atoms with van der Waals surface area (Å²) < 4.78 is 10.1. The molecule has 0 radical (unpaired) electrons. The van der Waals surface area contributed by atoms with Crippen molar-refractivity contribution in [3.63, 3.8) is 0 Å². The van der Waals surface area contributed by atoms with Crippen molar-refractivity contribution in [3.8, 4) is 5.75 Å². The second kappa shape index (κ2) is 28.3. The van der Waals surface area contributed by atoms with Crippen molar-refractivity contribution in [1.29, 1.82) is 0 Å². The molecule has 0 bridgehead atoms. The number of anilines is 1. The van der Waals surface area contributed by atoms with Crippen LogP contribution >= 0.6 is 0 Å². The maximum Gasteiger partial charge on any atom is 0.308 e. The first-order valence-corrected chi connectivity index (χ1v) is 31.0. The number of H-pyrrole nitrogens is 1. The molecule has 0 spiro atoms. The first-order chi connectivity index (χ1) is 42.2. The number of rotatable bonds is 17. The van der Waals surface area contributed by atoms with Crippen LogP contribution in [0.4, 0.5) is 11.4 Å². The number of cyclic esters (lactones) is 1. The van der Waals surface area contributed by atoms with Crippen LogP contribution in [0.5, 0.6) is 5.75 Å². The predicted octanol–water partition coefficient (Wildman–Crippen LogP) is 10.7. The second-order valence-electron chi connectivity index (χ2n) is 24.8. The van der Waals surface area contributed by atoms with Gasteiger partial charge in [0.15, 0.2) is 5.71 Å². The summed E-state index contributed by atoms with van der Waals surface area (Å²) in [6.07, 6.45) is 21.0. The van der Waals surface area contributed by atoms with Gasteiger partial charge in [-0.05, 0) is 127 Å². The Labute approximate surface area is 517 Å². The number of carbonyl (C=O) groups excluding carboxylic acids is 5. The van der Waals surface area contributed by atoms with Gasteiger partial charge in [-0.2, -0.15) is 4.58 Å². The van der Waals surface area contributed by atoms with Gasteiger partial charge in [0.2, 0.25) is 29.3 Å². The Kier molecular flexibility index (Phi) is 20.5. The normalized spacial score (nSPS) is 23.4. The number of unbranched alkanes of at least 4 members (excludes halogenated alkanes) is 1. The van der Waals surface area contributed by atoms with E-state index in [1.165, 1.54) is 34.0 Å². The topological polar surface area (TPSA) is 207 Å². The SMILES string of the molecule is CNC(=O)CC1(C)\C(=C/C=C/C=C/C2=[N+](CCCc3cn(CCCC[C@@H]4NC(=O)[C@@H](C)C/C(C)=C/CC[C@H](C)OC(=O)C[C@H](c5ccc(O)cc5)NC(=O)[C@@H](Cc5c[nH]c6ccccc56)N(C)C4=O)nn3)c3ccccc3C2(C)C)N(C)c2ccccc21. The van der Waals surface area contributed by atoms with E-state index in [-0.39, 0.29) is 35.8 Å². The summed E-state index contributed by atoms with van der Waals surface area (Å²) in [6.45, 7) is 13.7. The largest absolute Gasteiger partial charge is 0.508 e. The number of aromatic nitrogens is 4. The number of aromatic amines is 1. The molecule has 1 unspecified atom stereocenters. The Bertz CT molecular complexity index is 3660. The predicted molar refractivity (Wildman–Crippen MR) is 345 cm³/mol. The van der Waals surface area contributed by atoms with Gasteiger partial charge in [-0.1, -0.05) is 109 Å². The van der Waals surface area contributed by atoms with Crippen molar-refractivity contribution in [2.24, 2.45) is 5.92 Å². The number of phenolic OH excluding ortho intramolecular Hbond substituents is 1. The van der Waals surface area contributed by atoms with Crippen LogP contribution in [0.2, 0.25) is 0 Å². The zero-order chi connectivity index (χ0) is 62.7. The van der Waals surface area contributed by atoms with Gasteiger partial charge in [0.1, 0.15) is 24.4 Å². The lowest BCUT2D eigenvalue weighted by atomic mass is 9.78. The first kappa shape index (κ1) is 63.6. The van der Waals surface area contributed by atoms with Crippen LogP contribution in [-0.4, -0.2) is 116 Å². The maximum absolute atomic E-state index is 15.1. The van der Waals surface area contributed by atoms with E-state index in [9.17, 15) is 24.3 Å². The minimum absolute atomic E-state index is 0.00645. The molecule has 6 aromatic rings. The van der Waals surface area contributed by atoms with Crippen LogP contribution in [0.3, 0.4) is 0 Å². The van der Waals surface area contributed by atoms with Crippen molar-refractivity contribution in [1.82, 2.24) is 40.8 Å². The van der Waals surface area contributed by atoms with Gasteiger partial charge in [-0.25, -0.2) is 0 Å². The lowest BCUT2D eigenvalue weighted by Crippen LogP contribution is -2.56. The second-order valence-corrected chi connectivity index (χ2v) is 24.8. The summed E-state index contributed by atoms with van der Waals surface area (Å²) >= 11 is 0. The summed E-state index contributed by atoms with van der Waals surface area (Å²) in [7, 11) is 5.34. The van der Waals surface area contributed by atoms with Crippen LogP contribution in [0, 0.1) is 5.92 Å². The number of benzene rings is 4. The molecular formula is C71H87N10O7+. The molecule has 2 aromatic heterocycles. The van der Waals surface area contributed by atoms with Gasteiger partial charge in [0, 0.05) is 111 Å². The minimum Gasteiger partial charge on any atom is -0.508 e. The molecule has 0 aliphatic carbocycles. The number of para-hydroxylation sites is 3. The number of likely N-dealkylation sites (N-methyl/N-ethyl adjacent to an activating group) is 2. The van der Waals surface area contributed by atoms with E-state index in [1.807, 2.05) is 74.2 Å². The van der Waals surface area contributed by atoms with Crippen LogP contribution in [0.25, 0.3) is 10.9 Å². The Morgan fingerprint density at radius 3 is 2.39 bits per heavy atom. The van der Waals surface area contributed by atoms with Crippen molar-refractivity contribution in [3.05, 3.63) is 185 Å². The highest BCUT2D eigenvalue weighted by Crippen LogP contribution is 2.49. The number of aryl methyl sites for hydroxylation is 2. The fourth-order valence-corrected chi connectivity index (χ4v) is 12.9. The van der Waals surface area contributed by atoms with Gasteiger partial charge in [0.05, 0.1) is 29.7 Å². The lowest BCUT2D eigenvalue weighted by molar-refractivity contribution is -0.438. The van der Waals surface area contributed by atoms with Gasteiger partial charge >= 0.3 is 5.97 Å². The molecule has 17 heteroatoms. The molecule has 0 saturated carbocycles. The monoisotopic (exact) mass is 1190 g/mol. The van der Waals surface area contributed by atoms with E-state index >= 15 is 4.79 Å². The summed E-state index contributed by atoms with van der Waals surface area (Å²) in [5.41, 5.74) is 10.4. The van der Waals surface area contributed by atoms with Crippen molar-refractivity contribution < 1.29 is 38.4 Å². The third-order valence-electron chi connectivity index (χ3n) is 17.9. The average Bonchev–Trinajstić information content (AvgIpc) is 1.78. The average molecular weight is 1190 g/mol. The molecule has 0 fully saturated rings. The number of amides is 4. The van der Waals surface area contributed by atoms with Gasteiger partial charge in [-0.15, -0.1) is 5.10 Å². The standard InChI is InChI=1S/C71H86N10O7/c1-47-23-21-24-49(3)88-66(84)43-59(50-35-37-53(82)38-36-50)75-68(86)62(42-51-45-73-57-29-16-13-26-54(51)57)79(9)69(87)58(74-67(85)48(2)41-47)30-19-20-39-80-46-52(76-77-80)25-22-40-81-61-32-18-14-27-55(61)70(4,5)63(81)33-11-10-12-34-64-71(6,44-65(83)72-7)56-28-15-17-31-60(56)78(64)8/h10-18,23,26-29,31-38,45-46,48-49,58-59,62,73H,19-22,24-25,30,39-44H2,1-9H3,(H3-,72,74,75,82,83,85,86)/p+1/b47-23+/t48-,49-,58-,59+,62+,71?/m0/s1. The fraction of sp³-hybridized carbons (Fsp3) is 0.408.